The van der Waals surface area contributed by atoms with Crippen LogP contribution in [0.5, 0.6) is 0 Å². The molecule has 0 unspecified atom stereocenters. The minimum absolute atomic E-state index is 0.00695. The van der Waals surface area contributed by atoms with Crippen LogP contribution in [0.3, 0.4) is 0 Å². The lowest BCUT2D eigenvalue weighted by atomic mass is 10.2. The topological polar surface area (TPSA) is 68.1 Å². The molecule has 2 rings (SSSR count). The van der Waals surface area contributed by atoms with Gasteiger partial charge in [-0.25, -0.2) is 13.8 Å². The summed E-state index contributed by atoms with van der Waals surface area (Å²) in [7, 11) is 0. The van der Waals surface area contributed by atoms with Crippen LogP contribution < -0.4 is 5.32 Å². The number of anilines is 1. The SMILES string of the molecule is O=[N+]([O-])c1cnc(NCc2cc(F)ccc2F)c(Br)c1. The molecule has 0 saturated heterocycles. The van der Waals surface area contributed by atoms with E-state index in [1.165, 1.54) is 6.07 Å². The fourth-order valence-electron chi connectivity index (χ4n) is 1.52. The van der Waals surface area contributed by atoms with E-state index in [2.05, 4.69) is 26.2 Å². The molecule has 0 amide bonds. The van der Waals surface area contributed by atoms with Crippen LogP contribution in [0.2, 0.25) is 0 Å². The zero-order valence-corrected chi connectivity index (χ0v) is 11.5. The molecule has 5 nitrogen and oxygen atoms in total. The summed E-state index contributed by atoms with van der Waals surface area (Å²) in [6.45, 7) is 0.00695. The molecule has 0 atom stereocenters. The summed E-state index contributed by atoms with van der Waals surface area (Å²) in [5.74, 6) is -0.782. The van der Waals surface area contributed by atoms with E-state index >= 15 is 0 Å². The summed E-state index contributed by atoms with van der Waals surface area (Å²) in [5, 5.41) is 13.3. The number of nitrogens with one attached hydrogen (secondary N) is 1. The quantitative estimate of drug-likeness (QED) is 0.679. The molecule has 0 aliphatic rings. The Morgan fingerprint density at radius 3 is 2.75 bits per heavy atom. The van der Waals surface area contributed by atoms with E-state index in [9.17, 15) is 18.9 Å². The van der Waals surface area contributed by atoms with Gasteiger partial charge in [-0.3, -0.25) is 10.1 Å². The number of nitrogens with zero attached hydrogens (tertiary/aromatic N) is 2. The van der Waals surface area contributed by atoms with Crippen LogP contribution >= 0.6 is 15.9 Å². The number of pyridine rings is 1. The Labute approximate surface area is 120 Å². The van der Waals surface area contributed by atoms with Gasteiger partial charge in [0.1, 0.15) is 23.6 Å². The van der Waals surface area contributed by atoms with Gasteiger partial charge in [-0.1, -0.05) is 0 Å². The second kappa shape index (κ2) is 5.91. The number of halogens is 3. The zero-order chi connectivity index (χ0) is 14.7. The lowest BCUT2D eigenvalue weighted by molar-refractivity contribution is -0.385. The highest BCUT2D eigenvalue weighted by atomic mass is 79.9. The Morgan fingerprint density at radius 2 is 2.10 bits per heavy atom. The molecule has 1 aromatic heterocycles. The fourth-order valence-corrected chi connectivity index (χ4v) is 1.99. The van der Waals surface area contributed by atoms with Crippen molar-refractivity contribution < 1.29 is 13.7 Å². The van der Waals surface area contributed by atoms with Crippen molar-refractivity contribution in [3.05, 3.63) is 62.2 Å². The molecule has 0 aliphatic heterocycles. The maximum Gasteiger partial charge on any atom is 0.288 e. The average Bonchev–Trinajstić information content (AvgIpc) is 2.40. The van der Waals surface area contributed by atoms with E-state index in [4.69, 9.17) is 0 Å². The van der Waals surface area contributed by atoms with Gasteiger partial charge in [0.15, 0.2) is 0 Å². The third-order valence-electron chi connectivity index (χ3n) is 2.49. The molecular weight excluding hydrogens is 336 g/mol. The molecule has 2 aromatic rings. The summed E-state index contributed by atoms with van der Waals surface area (Å²) >= 11 is 3.12. The van der Waals surface area contributed by atoms with Gasteiger partial charge in [-0.05, 0) is 34.1 Å². The Bertz CT molecular complexity index is 667. The molecule has 20 heavy (non-hydrogen) atoms. The Hall–Kier alpha value is -2.09. The molecule has 0 fully saturated rings. The lowest BCUT2D eigenvalue weighted by Gasteiger charge is -2.08. The Morgan fingerprint density at radius 1 is 1.35 bits per heavy atom. The van der Waals surface area contributed by atoms with E-state index < -0.39 is 16.6 Å². The van der Waals surface area contributed by atoms with E-state index in [0.29, 0.717) is 10.3 Å². The van der Waals surface area contributed by atoms with Gasteiger partial charge in [-0.2, -0.15) is 0 Å². The number of nitro groups is 1. The molecule has 0 radical (unpaired) electrons. The van der Waals surface area contributed by atoms with Gasteiger partial charge >= 0.3 is 0 Å². The second-order valence-corrected chi connectivity index (χ2v) is 4.72. The summed E-state index contributed by atoms with van der Waals surface area (Å²) in [6.07, 6.45) is 1.08. The number of benzene rings is 1. The van der Waals surface area contributed by atoms with E-state index in [1.54, 1.807) is 0 Å². The van der Waals surface area contributed by atoms with Crippen LogP contribution in [0.25, 0.3) is 0 Å². The van der Waals surface area contributed by atoms with Crippen LogP contribution in [0, 0.1) is 21.7 Å². The van der Waals surface area contributed by atoms with Gasteiger partial charge in [-0.15, -0.1) is 0 Å². The van der Waals surface area contributed by atoms with Crippen LogP contribution in [-0.4, -0.2) is 9.91 Å². The molecule has 8 heteroatoms. The van der Waals surface area contributed by atoms with Crippen molar-refractivity contribution in [3.8, 4) is 0 Å². The van der Waals surface area contributed by atoms with Crippen molar-refractivity contribution >= 4 is 27.4 Å². The minimum atomic E-state index is -0.576. The summed E-state index contributed by atoms with van der Waals surface area (Å²) in [4.78, 5) is 13.8. The molecule has 1 heterocycles. The largest absolute Gasteiger partial charge is 0.365 e. The van der Waals surface area contributed by atoms with Crippen LogP contribution in [0.1, 0.15) is 5.56 Å². The van der Waals surface area contributed by atoms with Gasteiger partial charge < -0.3 is 5.32 Å². The Balaban J connectivity index is 2.15. The first-order valence-corrected chi connectivity index (χ1v) is 6.24. The third-order valence-corrected chi connectivity index (χ3v) is 3.10. The number of hydrogen-bond donors (Lipinski definition) is 1. The first kappa shape index (κ1) is 14.3. The van der Waals surface area contributed by atoms with E-state index in [-0.39, 0.29) is 17.8 Å². The standard InChI is InChI=1S/C12H8BrF2N3O2/c13-10-4-9(18(19)20)6-17-12(10)16-5-7-3-8(14)1-2-11(7)15/h1-4,6H,5H2,(H,16,17). The lowest BCUT2D eigenvalue weighted by Crippen LogP contribution is -2.05. The molecule has 0 aliphatic carbocycles. The monoisotopic (exact) mass is 343 g/mol. The van der Waals surface area contributed by atoms with Crippen molar-refractivity contribution in [1.82, 2.24) is 4.98 Å². The number of rotatable bonds is 4. The smallest absolute Gasteiger partial charge is 0.288 e. The summed E-state index contributed by atoms with van der Waals surface area (Å²) in [6, 6.07) is 4.41. The molecular formula is C12H8BrF2N3O2. The first-order chi connectivity index (χ1) is 9.47. The normalized spacial score (nSPS) is 10.3. The maximum atomic E-state index is 13.4. The maximum absolute atomic E-state index is 13.4. The number of aromatic nitrogens is 1. The average molecular weight is 344 g/mol. The third kappa shape index (κ3) is 3.27. The van der Waals surface area contributed by atoms with Gasteiger partial charge in [0.25, 0.3) is 5.69 Å². The minimum Gasteiger partial charge on any atom is -0.365 e. The molecule has 0 saturated carbocycles. The van der Waals surface area contributed by atoms with Crippen molar-refractivity contribution in [3.63, 3.8) is 0 Å². The number of hydrogen-bond acceptors (Lipinski definition) is 4. The zero-order valence-electron chi connectivity index (χ0n) is 9.94. The van der Waals surface area contributed by atoms with E-state index in [1.807, 2.05) is 0 Å². The van der Waals surface area contributed by atoms with Crippen LogP contribution in [-0.2, 0) is 6.54 Å². The second-order valence-electron chi connectivity index (χ2n) is 3.87. The van der Waals surface area contributed by atoms with Crippen LogP contribution in [0.4, 0.5) is 20.3 Å². The predicted molar refractivity (Wildman–Crippen MR) is 72.3 cm³/mol. The molecule has 0 bridgehead atoms. The van der Waals surface area contributed by atoms with Crippen molar-refractivity contribution in [2.75, 3.05) is 5.32 Å². The van der Waals surface area contributed by atoms with Gasteiger partial charge in [0, 0.05) is 18.2 Å². The highest BCUT2D eigenvalue weighted by Gasteiger charge is 2.11. The predicted octanol–water partition coefficient (Wildman–Crippen LogP) is 3.64. The van der Waals surface area contributed by atoms with Crippen molar-refractivity contribution in [2.45, 2.75) is 6.54 Å². The summed E-state index contributed by atoms with van der Waals surface area (Å²) in [5.41, 5.74) is -0.0311. The molecule has 1 aromatic carbocycles. The van der Waals surface area contributed by atoms with Crippen molar-refractivity contribution in [2.24, 2.45) is 0 Å². The first-order valence-electron chi connectivity index (χ1n) is 5.45. The fraction of sp³-hybridized carbons (Fsp3) is 0.0833. The highest BCUT2D eigenvalue weighted by molar-refractivity contribution is 9.10. The van der Waals surface area contributed by atoms with Crippen molar-refractivity contribution in [1.29, 1.82) is 0 Å². The molecule has 104 valence electrons. The van der Waals surface area contributed by atoms with Gasteiger partial charge in [0.2, 0.25) is 0 Å². The summed E-state index contributed by atoms with van der Waals surface area (Å²) < 4.78 is 26.8. The molecule has 0 spiro atoms. The molecule has 1 N–H and O–H groups in total. The Kier molecular flexibility index (Phi) is 4.23. The highest BCUT2D eigenvalue weighted by Crippen LogP contribution is 2.25. The van der Waals surface area contributed by atoms with Crippen LogP contribution in [0.15, 0.2) is 34.9 Å². The van der Waals surface area contributed by atoms with E-state index in [0.717, 1.165) is 24.4 Å². The van der Waals surface area contributed by atoms with Gasteiger partial charge in [0.05, 0.1) is 9.40 Å².